The summed E-state index contributed by atoms with van der Waals surface area (Å²) in [5.41, 5.74) is 0. The molecule has 2 unspecified atom stereocenters. The lowest BCUT2D eigenvalue weighted by molar-refractivity contribution is -0.141. The molecule has 5 heteroatoms. The predicted molar refractivity (Wildman–Crippen MR) is 69.2 cm³/mol. The number of aliphatic carboxylic acids is 1. The molecule has 1 aliphatic rings. The van der Waals surface area contributed by atoms with Gasteiger partial charge in [-0.2, -0.15) is 0 Å². The molecule has 0 aromatic rings. The Morgan fingerprint density at radius 2 is 2.33 bits per heavy atom. The number of hydrogen-bond acceptors (Lipinski definition) is 3. The summed E-state index contributed by atoms with van der Waals surface area (Å²) >= 11 is 0. The molecule has 1 aliphatic heterocycles. The molecule has 0 aromatic heterocycles. The summed E-state index contributed by atoms with van der Waals surface area (Å²) in [7, 11) is 0. The van der Waals surface area contributed by atoms with E-state index in [9.17, 15) is 9.59 Å². The zero-order valence-electron chi connectivity index (χ0n) is 10.7. The fraction of sp³-hybridized carbons (Fsp3) is 0.692. The highest BCUT2D eigenvalue weighted by molar-refractivity contribution is 5.83. The number of carboxylic acids is 1. The minimum Gasteiger partial charge on any atom is -0.480 e. The summed E-state index contributed by atoms with van der Waals surface area (Å²) in [6.45, 7) is 5.51. The third kappa shape index (κ3) is 5.31. The Morgan fingerprint density at radius 3 is 2.89 bits per heavy atom. The standard InChI is InChI=1S/C13H22N2O3/c1-2-4-11(13(17)18)15-12(16)7-6-10-5-3-8-14-9-10/h2,10-11,14H,1,3-9H2,(H,15,16)(H,17,18). The molecule has 0 saturated carbocycles. The lowest BCUT2D eigenvalue weighted by Crippen LogP contribution is -2.40. The molecule has 1 amide bonds. The van der Waals surface area contributed by atoms with Gasteiger partial charge in [-0.05, 0) is 44.7 Å². The minimum atomic E-state index is -1.01. The molecule has 18 heavy (non-hydrogen) atoms. The molecular weight excluding hydrogens is 232 g/mol. The van der Waals surface area contributed by atoms with Crippen molar-refractivity contribution in [3.8, 4) is 0 Å². The zero-order valence-corrected chi connectivity index (χ0v) is 10.7. The van der Waals surface area contributed by atoms with E-state index in [1.807, 2.05) is 0 Å². The molecule has 5 nitrogen and oxygen atoms in total. The Bertz CT molecular complexity index is 299. The summed E-state index contributed by atoms with van der Waals surface area (Å²) in [5.74, 6) is -0.662. The van der Waals surface area contributed by atoms with Gasteiger partial charge in [0.15, 0.2) is 0 Å². The van der Waals surface area contributed by atoms with E-state index in [4.69, 9.17) is 5.11 Å². The van der Waals surface area contributed by atoms with Gasteiger partial charge in [0.25, 0.3) is 0 Å². The maximum absolute atomic E-state index is 11.6. The third-order valence-corrected chi connectivity index (χ3v) is 3.21. The van der Waals surface area contributed by atoms with Crippen molar-refractivity contribution in [2.24, 2.45) is 5.92 Å². The molecular formula is C13H22N2O3. The van der Waals surface area contributed by atoms with Crippen molar-refractivity contribution in [1.82, 2.24) is 10.6 Å². The van der Waals surface area contributed by atoms with Crippen LogP contribution in [0, 0.1) is 5.92 Å². The molecule has 0 spiro atoms. The van der Waals surface area contributed by atoms with E-state index >= 15 is 0 Å². The molecule has 1 rings (SSSR count). The van der Waals surface area contributed by atoms with E-state index in [1.54, 1.807) is 0 Å². The van der Waals surface area contributed by atoms with Gasteiger partial charge in [-0.3, -0.25) is 4.79 Å². The van der Waals surface area contributed by atoms with Crippen molar-refractivity contribution in [2.45, 2.75) is 38.1 Å². The van der Waals surface area contributed by atoms with Gasteiger partial charge in [0, 0.05) is 6.42 Å². The van der Waals surface area contributed by atoms with Crippen LogP contribution in [0.2, 0.25) is 0 Å². The summed E-state index contributed by atoms with van der Waals surface area (Å²) in [5, 5.41) is 14.7. The Hall–Kier alpha value is -1.36. The molecule has 102 valence electrons. The first-order valence-corrected chi connectivity index (χ1v) is 6.47. The van der Waals surface area contributed by atoms with E-state index in [0.29, 0.717) is 12.3 Å². The van der Waals surface area contributed by atoms with E-state index in [0.717, 1.165) is 32.4 Å². The molecule has 1 saturated heterocycles. The van der Waals surface area contributed by atoms with Gasteiger partial charge >= 0.3 is 5.97 Å². The van der Waals surface area contributed by atoms with Crippen molar-refractivity contribution in [3.63, 3.8) is 0 Å². The van der Waals surface area contributed by atoms with Crippen molar-refractivity contribution in [3.05, 3.63) is 12.7 Å². The number of carbonyl (C=O) groups is 2. The van der Waals surface area contributed by atoms with Crippen LogP contribution in [0.4, 0.5) is 0 Å². The maximum atomic E-state index is 11.6. The average molecular weight is 254 g/mol. The summed E-state index contributed by atoms with van der Waals surface area (Å²) in [6, 6.07) is -0.848. The first kappa shape index (κ1) is 14.7. The normalized spacial score (nSPS) is 21.0. The number of piperidine rings is 1. The van der Waals surface area contributed by atoms with Crippen LogP contribution in [-0.4, -0.2) is 36.1 Å². The van der Waals surface area contributed by atoms with E-state index in [-0.39, 0.29) is 12.3 Å². The topological polar surface area (TPSA) is 78.4 Å². The van der Waals surface area contributed by atoms with Crippen molar-refractivity contribution < 1.29 is 14.7 Å². The maximum Gasteiger partial charge on any atom is 0.326 e. The molecule has 1 heterocycles. The second kappa shape index (κ2) is 7.87. The Kier molecular flexibility index (Phi) is 6.43. The number of carbonyl (C=O) groups excluding carboxylic acids is 1. The first-order chi connectivity index (χ1) is 8.63. The van der Waals surface area contributed by atoms with Crippen LogP contribution in [-0.2, 0) is 9.59 Å². The SMILES string of the molecule is C=CCC(NC(=O)CCC1CCCNC1)C(=O)O. The zero-order chi connectivity index (χ0) is 13.4. The van der Waals surface area contributed by atoms with Crippen molar-refractivity contribution in [1.29, 1.82) is 0 Å². The smallest absolute Gasteiger partial charge is 0.326 e. The lowest BCUT2D eigenvalue weighted by Gasteiger charge is -2.22. The van der Waals surface area contributed by atoms with Gasteiger partial charge in [-0.15, -0.1) is 6.58 Å². The van der Waals surface area contributed by atoms with Gasteiger partial charge in [-0.25, -0.2) is 4.79 Å². The molecule has 3 N–H and O–H groups in total. The molecule has 0 bridgehead atoms. The molecule has 0 aromatic carbocycles. The highest BCUT2D eigenvalue weighted by Gasteiger charge is 2.19. The van der Waals surface area contributed by atoms with E-state index < -0.39 is 12.0 Å². The van der Waals surface area contributed by atoms with Gasteiger partial charge in [0.2, 0.25) is 5.91 Å². The number of nitrogens with one attached hydrogen (secondary N) is 2. The monoisotopic (exact) mass is 254 g/mol. The van der Waals surface area contributed by atoms with Crippen LogP contribution in [0.15, 0.2) is 12.7 Å². The molecule has 2 atom stereocenters. The van der Waals surface area contributed by atoms with Gasteiger partial charge in [-0.1, -0.05) is 6.08 Å². The summed E-state index contributed by atoms with van der Waals surface area (Å²) in [4.78, 5) is 22.5. The largest absolute Gasteiger partial charge is 0.480 e. The molecule has 0 aliphatic carbocycles. The minimum absolute atomic E-state index is 0.185. The lowest BCUT2D eigenvalue weighted by atomic mass is 9.94. The molecule has 1 fully saturated rings. The summed E-state index contributed by atoms with van der Waals surface area (Å²) < 4.78 is 0. The number of rotatable bonds is 7. The average Bonchev–Trinajstić information content (AvgIpc) is 2.37. The Labute approximate surface area is 108 Å². The second-order valence-electron chi connectivity index (χ2n) is 4.73. The predicted octanol–water partition coefficient (Wildman–Crippen LogP) is 0.912. The Balaban J connectivity index is 2.26. The van der Waals surface area contributed by atoms with Crippen LogP contribution < -0.4 is 10.6 Å². The quantitative estimate of drug-likeness (QED) is 0.590. The number of amides is 1. The highest BCUT2D eigenvalue weighted by Crippen LogP contribution is 2.15. The fourth-order valence-electron chi connectivity index (χ4n) is 2.16. The number of hydrogen-bond donors (Lipinski definition) is 3. The van der Waals surface area contributed by atoms with Gasteiger partial charge in [0.05, 0.1) is 0 Å². The van der Waals surface area contributed by atoms with Crippen LogP contribution in [0.1, 0.15) is 32.1 Å². The fourth-order valence-corrected chi connectivity index (χ4v) is 2.16. The van der Waals surface area contributed by atoms with Crippen molar-refractivity contribution in [2.75, 3.05) is 13.1 Å². The van der Waals surface area contributed by atoms with Gasteiger partial charge in [0.1, 0.15) is 6.04 Å². The number of carboxylic acid groups (broad SMARTS) is 1. The summed E-state index contributed by atoms with van der Waals surface area (Å²) in [6.07, 6.45) is 5.28. The Morgan fingerprint density at radius 1 is 1.56 bits per heavy atom. The molecule has 0 radical (unpaired) electrons. The van der Waals surface area contributed by atoms with E-state index in [2.05, 4.69) is 17.2 Å². The van der Waals surface area contributed by atoms with Gasteiger partial charge < -0.3 is 15.7 Å². The van der Waals surface area contributed by atoms with Crippen LogP contribution in [0.5, 0.6) is 0 Å². The van der Waals surface area contributed by atoms with Crippen molar-refractivity contribution >= 4 is 11.9 Å². The third-order valence-electron chi connectivity index (χ3n) is 3.21. The second-order valence-corrected chi connectivity index (χ2v) is 4.73. The van der Waals surface area contributed by atoms with Crippen LogP contribution in [0.25, 0.3) is 0 Å². The van der Waals surface area contributed by atoms with Crippen LogP contribution in [0.3, 0.4) is 0 Å². The highest BCUT2D eigenvalue weighted by atomic mass is 16.4. The van der Waals surface area contributed by atoms with Crippen LogP contribution >= 0.6 is 0 Å². The first-order valence-electron chi connectivity index (χ1n) is 6.47. The van der Waals surface area contributed by atoms with E-state index in [1.165, 1.54) is 6.08 Å².